The van der Waals surface area contributed by atoms with Crippen LogP contribution in [0.15, 0.2) is 59.5 Å². The number of thioether (sulfide) groups is 1. The van der Waals surface area contributed by atoms with Gasteiger partial charge in [-0.3, -0.25) is 9.59 Å². The summed E-state index contributed by atoms with van der Waals surface area (Å²) >= 11 is 1.79. The van der Waals surface area contributed by atoms with Gasteiger partial charge in [0.1, 0.15) is 0 Å². The Bertz CT molecular complexity index is 657. The van der Waals surface area contributed by atoms with Gasteiger partial charge < -0.3 is 10.6 Å². The molecule has 24 heavy (non-hydrogen) atoms. The third kappa shape index (κ3) is 6.46. The van der Waals surface area contributed by atoms with Gasteiger partial charge in [0.2, 0.25) is 5.91 Å². The highest BCUT2D eigenvalue weighted by molar-refractivity contribution is 7.99. The van der Waals surface area contributed by atoms with Gasteiger partial charge >= 0.3 is 0 Å². The minimum absolute atomic E-state index is 0.0641. The van der Waals surface area contributed by atoms with Gasteiger partial charge in [-0.15, -0.1) is 11.8 Å². The molecule has 0 aliphatic carbocycles. The van der Waals surface area contributed by atoms with Crippen molar-refractivity contribution in [3.05, 3.63) is 65.7 Å². The Labute approximate surface area is 147 Å². The molecule has 0 aromatic heterocycles. The van der Waals surface area contributed by atoms with Gasteiger partial charge in [0.15, 0.2) is 0 Å². The standard InChI is InChI=1S/C19H22N2O2S/c1-15(22)21-14-16-8-10-17(11-9-16)19(23)20-12-5-13-24-18-6-3-2-4-7-18/h2-4,6-11H,5,12-14H2,1H3,(H,20,23)(H,21,22). The van der Waals surface area contributed by atoms with Crippen molar-refractivity contribution in [1.82, 2.24) is 10.6 Å². The predicted octanol–water partition coefficient (Wildman–Crippen LogP) is 3.23. The van der Waals surface area contributed by atoms with Crippen LogP contribution in [-0.4, -0.2) is 24.1 Å². The second-order valence-corrected chi connectivity index (χ2v) is 6.55. The maximum Gasteiger partial charge on any atom is 0.251 e. The first kappa shape index (κ1) is 18.1. The van der Waals surface area contributed by atoms with Gasteiger partial charge in [-0.1, -0.05) is 30.3 Å². The maximum atomic E-state index is 12.1. The summed E-state index contributed by atoms with van der Waals surface area (Å²) in [6.45, 7) is 2.62. The summed E-state index contributed by atoms with van der Waals surface area (Å²) in [5.41, 5.74) is 1.61. The average Bonchev–Trinajstić information content (AvgIpc) is 2.61. The Morgan fingerprint density at radius 1 is 0.958 bits per heavy atom. The highest BCUT2D eigenvalue weighted by Gasteiger charge is 2.05. The molecule has 0 aliphatic heterocycles. The summed E-state index contributed by atoms with van der Waals surface area (Å²) in [7, 11) is 0. The summed E-state index contributed by atoms with van der Waals surface area (Å²) in [4.78, 5) is 24.2. The zero-order valence-electron chi connectivity index (χ0n) is 13.7. The lowest BCUT2D eigenvalue weighted by Gasteiger charge is -2.07. The summed E-state index contributed by atoms with van der Waals surface area (Å²) < 4.78 is 0. The van der Waals surface area contributed by atoms with E-state index in [4.69, 9.17) is 0 Å². The molecule has 5 heteroatoms. The molecular formula is C19H22N2O2S. The fraction of sp³-hybridized carbons (Fsp3) is 0.263. The third-order valence-corrected chi connectivity index (χ3v) is 4.47. The minimum atomic E-state index is -0.0646. The van der Waals surface area contributed by atoms with Crippen molar-refractivity contribution in [3.8, 4) is 0 Å². The van der Waals surface area contributed by atoms with Gasteiger partial charge in [0.25, 0.3) is 5.91 Å². The second kappa shape index (κ2) is 9.78. The number of benzene rings is 2. The monoisotopic (exact) mass is 342 g/mol. The SMILES string of the molecule is CC(=O)NCc1ccc(C(=O)NCCCSc2ccccc2)cc1. The second-order valence-electron chi connectivity index (χ2n) is 5.38. The van der Waals surface area contributed by atoms with E-state index in [0.717, 1.165) is 17.7 Å². The maximum absolute atomic E-state index is 12.1. The summed E-state index contributed by atoms with van der Waals surface area (Å²) in [6.07, 6.45) is 0.923. The molecule has 0 heterocycles. The van der Waals surface area contributed by atoms with Gasteiger partial charge in [0.05, 0.1) is 0 Å². The molecule has 0 atom stereocenters. The van der Waals surface area contributed by atoms with E-state index in [0.29, 0.717) is 18.7 Å². The Hall–Kier alpha value is -2.27. The molecule has 0 saturated heterocycles. The number of amides is 2. The van der Waals surface area contributed by atoms with Gasteiger partial charge in [-0.2, -0.15) is 0 Å². The Kier molecular flexibility index (Phi) is 7.36. The molecule has 2 N–H and O–H groups in total. The number of rotatable bonds is 8. The van der Waals surface area contributed by atoms with Crippen molar-refractivity contribution in [3.63, 3.8) is 0 Å². The van der Waals surface area contributed by atoms with Gasteiger partial charge in [-0.05, 0) is 42.0 Å². The van der Waals surface area contributed by atoms with Gasteiger partial charge in [-0.25, -0.2) is 0 Å². The molecule has 2 amide bonds. The number of hydrogen-bond acceptors (Lipinski definition) is 3. The van der Waals surface area contributed by atoms with Crippen molar-refractivity contribution in [2.75, 3.05) is 12.3 Å². The molecule has 2 rings (SSSR count). The van der Waals surface area contributed by atoms with Crippen molar-refractivity contribution in [2.24, 2.45) is 0 Å². The molecule has 0 saturated carbocycles. The molecule has 4 nitrogen and oxygen atoms in total. The smallest absolute Gasteiger partial charge is 0.251 e. The third-order valence-electron chi connectivity index (χ3n) is 3.38. The van der Waals surface area contributed by atoms with Crippen LogP contribution in [0.2, 0.25) is 0 Å². The fourth-order valence-corrected chi connectivity index (χ4v) is 2.96. The Morgan fingerprint density at radius 3 is 2.33 bits per heavy atom. The highest BCUT2D eigenvalue weighted by atomic mass is 32.2. The van der Waals surface area contributed by atoms with E-state index in [2.05, 4.69) is 22.8 Å². The lowest BCUT2D eigenvalue weighted by molar-refractivity contribution is -0.119. The van der Waals surface area contributed by atoms with Crippen LogP contribution in [-0.2, 0) is 11.3 Å². The van der Waals surface area contributed by atoms with Crippen LogP contribution in [0.5, 0.6) is 0 Å². The van der Waals surface area contributed by atoms with Crippen molar-refractivity contribution in [1.29, 1.82) is 0 Å². The van der Waals surface area contributed by atoms with Crippen LogP contribution < -0.4 is 10.6 Å². The first-order valence-electron chi connectivity index (χ1n) is 7.94. The van der Waals surface area contributed by atoms with E-state index < -0.39 is 0 Å². The van der Waals surface area contributed by atoms with Gasteiger partial charge in [0, 0.05) is 30.5 Å². The van der Waals surface area contributed by atoms with E-state index in [9.17, 15) is 9.59 Å². The molecule has 0 spiro atoms. The van der Waals surface area contributed by atoms with Crippen LogP contribution >= 0.6 is 11.8 Å². The van der Waals surface area contributed by atoms with Crippen LogP contribution in [0.3, 0.4) is 0 Å². The largest absolute Gasteiger partial charge is 0.352 e. The first-order valence-corrected chi connectivity index (χ1v) is 8.93. The zero-order chi connectivity index (χ0) is 17.2. The van der Waals surface area contributed by atoms with Crippen LogP contribution in [0.4, 0.5) is 0 Å². The number of carbonyl (C=O) groups excluding carboxylic acids is 2. The predicted molar refractivity (Wildman–Crippen MR) is 98.1 cm³/mol. The van der Waals surface area contributed by atoms with Crippen molar-refractivity contribution in [2.45, 2.75) is 24.8 Å². The molecule has 126 valence electrons. The topological polar surface area (TPSA) is 58.2 Å². The van der Waals surface area contributed by atoms with Crippen molar-refractivity contribution < 1.29 is 9.59 Å². The zero-order valence-corrected chi connectivity index (χ0v) is 14.6. The lowest BCUT2D eigenvalue weighted by atomic mass is 10.1. The molecule has 0 bridgehead atoms. The van der Waals surface area contributed by atoms with Crippen LogP contribution in [0.25, 0.3) is 0 Å². The average molecular weight is 342 g/mol. The summed E-state index contributed by atoms with van der Waals surface area (Å²) in [5, 5.41) is 5.66. The number of carbonyl (C=O) groups is 2. The van der Waals surface area contributed by atoms with E-state index in [1.807, 2.05) is 30.3 Å². The number of nitrogens with one attached hydrogen (secondary N) is 2. The molecular weight excluding hydrogens is 320 g/mol. The molecule has 0 radical (unpaired) electrons. The van der Waals surface area contributed by atoms with Crippen LogP contribution in [0.1, 0.15) is 29.3 Å². The normalized spacial score (nSPS) is 10.2. The molecule has 2 aromatic carbocycles. The molecule has 2 aromatic rings. The Balaban J connectivity index is 1.67. The minimum Gasteiger partial charge on any atom is -0.352 e. The van der Waals surface area contributed by atoms with E-state index in [1.54, 1.807) is 23.9 Å². The number of hydrogen-bond donors (Lipinski definition) is 2. The molecule has 0 fully saturated rings. The lowest BCUT2D eigenvalue weighted by Crippen LogP contribution is -2.25. The fourth-order valence-electron chi connectivity index (χ4n) is 2.08. The Morgan fingerprint density at radius 2 is 1.67 bits per heavy atom. The van der Waals surface area contributed by atoms with Crippen molar-refractivity contribution >= 4 is 23.6 Å². The summed E-state index contributed by atoms with van der Waals surface area (Å²) in [6, 6.07) is 17.5. The summed E-state index contributed by atoms with van der Waals surface area (Å²) in [5.74, 6) is 0.843. The van der Waals surface area contributed by atoms with E-state index in [1.165, 1.54) is 11.8 Å². The molecule has 0 aliphatic rings. The van der Waals surface area contributed by atoms with Crippen LogP contribution in [0, 0.1) is 0 Å². The van der Waals surface area contributed by atoms with E-state index >= 15 is 0 Å². The first-order chi connectivity index (χ1) is 11.6. The highest BCUT2D eigenvalue weighted by Crippen LogP contribution is 2.17. The molecule has 0 unspecified atom stereocenters. The quantitative estimate of drug-likeness (QED) is 0.572. The van der Waals surface area contributed by atoms with E-state index in [-0.39, 0.29) is 11.8 Å².